The van der Waals surface area contributed by atoms with Crippen molar-refractivity contribution in [2.45, 2.75) is 18.4 Å². The molecule has 2 unspecified atom stereocenters. The molecule has 1 aromatic carbocycles. The average Bonchev–Trinajstić information content (AvgIpc) is 2.83. The van der Waals surface area contributed by atoms with Gasteiger partial charge >= 0.3 is 0 Å². The van der Waals surface area contributed by atoms with E-state index >= 15 is 0 Å². The van der Waals surface area contributed by atoms with E-state index in [1.54, 1.807) is 7.11 Å². The Balaban J connectivity index is 2.21. The summed E-state index contributed by atoms with van der Waals surface area (Å²) in [6.07, 6.45) is 1.12. The third kappa shape index (κ3) is 1.30. The summed E-state index contributed by atoms with van der Waals surface area (Å²) in [5.41, 5.74) is 7.06. The summed E-state index contributed by atoms with van der Waals surface area (Å²) in [5.74, 6) is 1.49. The maximum atomic E-state index is 5.75. The van der Waals surface area contributed by atoms with Crippen LogP contribution in [-0.2, 0) is 0 Å². The Morgan fingerprint density at radius 1 is 1.50 bits per heavy atom. The van der Waals surface area contributed by atoms with E-state index in [4.69, 9.17) is 10.5 Å². The topological polar surface area (TPSA) is 35.2 Å². The average molecular weight is 163 g/mol. The number of rotatable bonds is 2. The highest BCUT2D eigenvalue weighted by Gasteiger charge is 2.34. The first-order valence-corrected chi connectivity index (χ1v) is 4.21. The van der Waals surface area contributed by atoms with Crippen LogP contribution in [0.3, 0.4) is 0 Å². The molecule has 2 atom stereocenters. The van der Waals surface area contributed by atoms with Gasteiger partial charge in [-0.2, -0.15) is 0 Å². The molecule has 12 heavy (non-hydrogen) atoms. The van der Waals surface area contributed by atoms with E-state index in [0.717, 1.165) is 12.2 Å². The number of hydrogen-bond donors (Lipinski definition) is 1. The lowest BCUT2D eigenvalue weighted by molar-refractivity contribution is 0.414. The van der Waals surface area contributed by atoms with Crippen LogP contribution in [0, 0.1) is 0 Å². The second kappa shape index (κ2) is 2.79. The van der Waals surface area contributed by atoms with E-state index in [0.29, 0.717) is 12.0 Å². The van der Waals surface area contributed by atoms with Crippen molar-refractivity contribution in [3.05, 3.63) is 29.8 Å². The van der Waals surface area contributed by atoms with Gasteiger partial charge in [0.2, 0.25) is 0 Å². The Kier molecular flexibility index (Phi) is 1.77. The quantitative estimate of drug-likeness (QED) is 0.717. The molecule has 0 radical (unpaired) electrons. The monoisotopic (exact) mass is 163 g/mol. The zero-order valence-corrected chi connectivity index (χ0v) is 7.16. The first-order chi connectivity index (χ1) is 5.81. The lowest BCUT2D eigenvalue weighted by Crippen LogP contribution is -2.00. The van der Waals surface area contributed by atoms with E-state index in [1.165, 1.54) is 5.56 Å². The fourth-order valence-electron chi connectivity index (χ4n) is 1.47. The minimum absolute atomic E-state index is 0.372. The van der Waals surface area contributed by atoms with Crippen molar-refractivity contribution in [1.82, 2.24) is 0 Å². The number of benzene rings is 1. The molecule has 0 bridgehead atoms. The van der Waals surface area contributed by atoms with Crippen molar-refractivity contribution in [3.63, 3.8) is 0 Å². The van der Waals surface area contributed by atoms with Crippen LogP contribution < -0.4 is 10.5 Å². The normalized spacial score (nSPS) is 26.8. The zero-order chi connectivity index (χ0) is 8.55. The molecule has 0 aliphatic heterocycles. The van der Waals surface area contributed by atoms with Crippen LogP contribution >= 0.6 is 0 Å². The molecule has 1 aliphatic rings. The highest BCUT2D eigenvalue weighted by atomic mass is 16.5. The third-order valence-corrected chi connectivity index (χ3v) is 2.36. The maximum absolute atomic E-state index is 5.75. The summed E-state index contributed by atoms with van der Waals surface area (Å²) < 4.78 is 5.13. The van der Waals surface area contributed by atoms with Gasteiger partial charge in [-0.1, -0.05) is 12.1 Å². The van der Waals surface area contributed by atoms with Crippen LogP contribution in [0.25, 0.3) is 0 Å². The van der Waals surface area contributed by atoms with Crippen LogP contribution in [0.5, 0.6) is 5.75 Å². The van der Waals surface area contributed by atoms with Gasteiger partial charge in [0.05, 0.1) is 7.11 Å². The molecule has 64 valence electrons. The second-order valence-corrected chi connectivity index (χ2v) is 3.28. The summed E-state index contributed by atoms with van der Waals surface area (Å²) in [6, 6.07) is 8.52. The van der Waals surface area contributed by atoms with Crippen molar-refractivity contribution in [2.24, 2.45) is 5.73 Å². The highest BCUT2D eigenvalue weighted by Crippen LogP contribution is 2.39. The number of methoxy groups -OCH3 is 1. The van der Waals surface area contributed by atoms with Gasteiger partial charge in [-0.15, -0.1) is 0 Å². The first-order valence-electron chi connectivity index (χ1n) is 4.21. The zero-order valence-electron chi connectivity index (χ0n) is 7.16. The Bertz CT molecular complexity index is 285. The molecule has 0 saturated heterocycles. The Labute approximate surface area is 72.3 Å². The van der Waals surface area contributed by atoms with E-state index in [9.17, 15) is 0 Å². The fraction of sp³-hybridized carbons (Fsp3) is 0.400. The van der Waals surface area contributed by atoms with Crippen LogP contribution in [0.4, 0.5) is 0 Å². The lowest BCUT2D eigenvalue weighted by Gasteiger charge is -2.02. The minimum Gasteiger partial charge on any atom is -0.497 e. The van der Waals surface area contributed by atoms with Gasteiger partial charge in [0, 0.05) is 12.0 Å². The van der Waals surface area contributed by atoms with Gasteiger partial charge in [-0.05, 0) is 24.1 Å². The molecule has 2 heteroatoms. The lowest BCUT2D eigenvalue weighted by atomic mass is 10.1. The molecule has 2 nitrogen and oxygen atoms in total. The molecule has 0 aromatic heterocycles. The van der Waals surface area contributed by atoms with Crippen molar-refractivity contribution >= 4 is 0 Å². The predicted octanol–water partition coefficient (Wildman–Crippen LogP) is 1.51. The Morgan fingerprint density at radius 3 is 2.83 bits per heavy atom. The van der Waals surface area contributed by atoms with Gasteiger partial charge in [-0.25, -0.2) is 0 Å². The molecular formula is C10H13NO. The predicted molar refractivity (Wildman–Crippen MR) is 48.3 cm³/mol. The maximum Gasteiger partial charge on any atom is 0.119 e. The fourth-order valence-corrected chi connectivity index (χ4v) is 1.47. The smallest absolute Gasteiger partial charge is 0.119 e. The van der Waals surface area contributed by atoms with Gasteiger partial charge < -0.3 is 10.5 Å². The van der Waals surface area contributed by atoms with Crippen molar-refractivity contribution in [3.8, 4) is 5.75 Å². The van der Waals surface area contributed by atoms with Crippen LogP contribution in [0.1, 0.15) is 17.9 Å². The van der Waals surface area contributed by atoms with Gasteiger partial charge in [0.15, 0.2) is 0 Å². The summed E-state index contributed by atoms with van der Waals surface area (Å²) >= 11 is 0. The van der Waals surface area contributed by atoms with E-state index in [2.05, 4.69) is 12.1 Å². The molecule has 1 saturated carbocycles. The van der Waals surface area contributed by atoms with Crippen molar-refractivity contribution < 1.29 is 4.74 Å². The number of ether oxygens (including phenoxy) is 1. The molecular weight excluding hydrogens is 150 g/mol. The van der Waals surface area contributed by atoms with Crippen molar-refractivity contribution in [2.75, 3.05) is 7.11 Å². The van der Waals surface area contributed by atoms with Crippen LogP contribution in [0.2, 0.25) is 0 Å². The largest absolute Gasteiger partial charge is 0.497 e. The van der Waals surface area contributed by atoms with Crippen LogP contribution in [-0.4, -0.2) is 13.2 Å². The summed E-state index contributed by atoms with van der Waals surface area (Å²) in [4.78, 5) is 0. The van der Waals surface area contributed by atoms with Gasteiger partial charge in [0.25, 0.3) is 0 Å². The standard InChI is InChI=1S/C10H13NO/c1-12-8-4-2-3-7(5-8)9-6-10(9)11/h2-5,9-10H,6,11H2,1H3. The SMILES string of the molecule is COc1cccc(C2CC2N)c1. The van der Waals surface area contributed by atoms with E-state index < -0.39 is 0 Å². The van der Waals surface area contributed by atoms with Gasteiger partial charge in [-0.3, -0.25) is 0 Å². The molecule has 1 fully saturated rings. The molecule has 0 spiro atoms. The molecule has 2 rings (SSSR count). The Hall–Kier alpha value is -1.02. The minimum atomic E-state index is 0.372. The third-order valence-electron chi connectivity index (χ3n) is 2.36. The molecule has 1 aliphatic carbocycles. The van der Waals surface area contributed by atoms with Gasteiger partial charge in [0.1, 0.15) is 5.75 Å². The second-order valence-electron chi connectivity index (χ2n) is 3.28. The number of nitrogens with two attached hydrogens (primary N) is 1. The summed E-state index contributed by atoms with van der Waals surface area (Å²) in [5, 5.41) is 0. The van der Waals surface area contributed by atoms with Crippen LogP contribution in [0.15, 0.2) is 24.3 Å². The van der Waals surface area contributed by atoms with E-state index in [-0.39, 0.29) is 0 Å². The highest BCUT2D eigenvalue weighted by molar-refractivity contribution is 5.34. The Morgan fingerprint density at radius 2 is 2.25 bits per heavy atom. The molecule has 0 heterocycles. The number of hydrogen-bond acceptors (Lipinski definition) is 2. The molecule has 2 N–H and O–H groups in total. The van der Waals surface area contributed by atoms with E-state index in [1.807, 2.05) is 12.1 Å². The molecule has 0 amide bonds. The van der Waals surface area contributed by atoms with Crippen molar-refractivity contribution in [1.29, 1.82) is 0 Å². The molecule has 1 aromatic rings. The summed E-state index contributed by atoms with van der Waals surface area (Å²) in [6.45, 7) is 0. The summed E-state index contributed by atoms with van der Waals surface area (Å²) in [7, 11) is 1.69. The first kappa shape index (κ1) is 7.62.